The third-order valence-corrected chi connectivity index (χ3v) is 11.3. The first kappa shape index (κ1) is 34.2. The van der Waals surface area contributed by atoms with E-state index in [1.54, 1.807) is 60.7 Å². The maximum absolute atomic E-state index is 14.6. The highest BCUT2D eigenvalue weighted by Gasteiger charge is 2.35. The molecule has 1 saturated carbocycles. The van der Waals surface area contributed by atoms with Crippen molar-refractivity contribution in [3.8, 4) is 0 Å². The monoisotopic (exact) mass is 789 g/mol. The quantitative estimate of drug-likeness (QED) is 0.151. The number of benzene rings is 4. The first-order chi connectivity index (χ1) is 22.1. The van der Waals surface area contributed by atoms with E-state index < -0.39 is 28.5 Å². The summed E-state index contributed by atoms with van der Waals surface area (Å²) in [6.45, 7) is -0.516. The minimum Gasteiger partial charge on any atom is -0.352 e. The van der Waals surface area contributed by atoms with Crippen molar-refractivity contribution in [2.45, 2.75) is 55.6 Å². The number of carbonyl (C=O) groups excluding carboxylic acids is 2. The fourth-order valence-corrected chi connectivity index (χ4v) is 7.73. The van der Waals surface area contributed by atoms with E-state index in [-0.39, 0.29) is 29.8 Å². The molecule has 0 unspecified atom stereocenters. The van der Waals surface area contributed by atoms with Gasteiger partial charge in [-0.25, -0.2) is 8.42 Å². The van der Waals surface area contributed by atoms with Crippen molar-refractivity contribution in [2.75, 3.05) is 10.8 Å². The molecule has 0 heterocycles. The van der Waals surface area contributed by atoms with Crippen LogP contribution in [0.25, 0.3) is 0 Å². The lowest BCUT2D eigenvalue weighted by molar-refractivity contribution is -0.140. The van der Waals surface area contributed by atoms with Crippen LogP contribution in [0.2, 0.25) is 10.0 Å². The number of halogens is 3. The third kappa shape index (κ3) is 8.61. The first-order valence-electron chi connectivity index (χ1n) is 15.0. The van der Waals surface area contributed by atoms with Crippen molar-refractivity contribution < 1.29 is 18.0 Å². The van der Waals surface area contributed by atoms with E-state index in [0.29, 0.717) is 21.3 Å². The van der Waals surface area contributed by atoms with Gasteiger partial charge in [-0.1, -0.05) is 90.6 Å². The molecular formula is C35H34Cl2IN3O4S. The number of anilines is 1. The van der Waals surface area contributed by atoms with Gasteiger partial charge in [-0.05, 0) is 95.1 Å². The normalized spacial score (nSPS) is 14.1. The van der Waals surface area contributed by atoms with Gasteiger partial charge in [-0.2, -0.15) is 0 Å². The summed E-state index contributed by atoms with van der Waals surface area (Å²) < 4.78 is 30.2. The predicted octanol–water partition coefficient (Wildman–Crippen LogP) is 7.49. The molecule has 0 spiro atoms. The second-order valence-corrected chi connectivity index (χ2v) is 15.2. The minimum atomic E-state index is -4.16. The fourth-order valence-electron chi connectivity index (χ4n) is 5.61. The summed E-state index contributed by atoms with van der Waals surface area (Å²) in [5.41, 5.74) is 1.86. The maximum atomic E-state index is 14.6. The molecule has 4 aromatic carbocycles. The Kier molecular flexibility index (Phi) is 11.6. The smallest absolute Gasteiger partial charge is 0.264 e. The van der Waals surface area contributed by atoms with Crippen LogP contribution < -0.4 is 9.62 Å². The minimum absolute atomic E-state index is 0.0111. The molecule has 1 N–H and O–H groups in total. The van der Waals surface area contributed by atoms with Crippen LogP contribution in [0.4, 0.5) is 5.69 Å². The van der Waals surface area contributed by atoms with E-state index >= 15 is 0 Å². The largest absolute Gasteiger partial charge is 0.352 e. The van der Waals surface area contributed by atoms with Gasteiger partial charge in [-0.15, -0.1) is 0 Å². The second-order valence-electron chi connectivity index (χ2n) is 11.3. The van der Waals surface area contributed by atoms with Crippen LogP contribution in [0.1, 0.15) is 36.8 Å². The van der Waals surface area contributed by atoms with Crippen molar-refractivity contribution in [3.05, 3.63) is 128 Å². The summed E-state index contributed by atoms with van der Waals surface area (Å²) in [6.07, 6.45) is 4.05. The van der Waals surface area contributed by atoms with Gasteiger partial charge >= 0.3 is 0 Å². The SMILES string of the molecule is O=C(NC1CCCC1)[C@@H](Cc1ccccc1)N(Cc1ccc(Cl)c(Cl)c1)C(=O)CN(c1ccc(I)cc1)S(=O)(=O)c1ccccc1. The van der Waals surface area contributed by atoms with Gasteiger partial charge in [0.15, 0.2) is 0 Å². The van der Waals surface area contributed by atoms with Crippen molar-refractivity contribution in [3.63, 3.8) is 0 Å². The molecule has 0 saturated heterocycles. The summed E-state index contributed by atoms with van der Waals surface area (Å²) in [7, 11) is -4.16. The Morgan fingerprint density at radius 3 is 2.09 bits per heavy atom. The summed E-state index contributed by atoms with van der Waals surface area (Å²) >= 11 is 14.7. The molecule has 7 nitrogen and oxygen atoms in total. The van der Waals surface area contributed by atoms with Crippen molar-refractivity contribution in [2.24, 2.45) is 0 Å². The Bertz CT molecular complexity index is 1750. The molecule has 4 aromatic rings. The highest BCUT2D eigenvalue weighted by Crippen LogP contribution is 2.28. The van der Waals surface area contributed by atoms with Crippen LogP contribution in [0.15, 0.2) is 108 Å². The highest BCUT2D eigenvalue weighted by molar-refractivity contribution is 14.1. The number of amides is 2. The molecule has 0 aromatic heterocycles. The Balaban J connectivity index is 1.57. The number of rotatable bonds is 12. The summed E-state index contributed by atoms with van der Waals surface area (Å²) in [5, 5.41) is 3.85. The predicted molar refractivity (Wildman–Crippen MR) is 191 cm³/mol. The van der Waals surface area contributed by atoms with E-state index in [0.717, 1.165) is 39.1 Å². The zero-order valence-corrected chi connectivity index (χ0v) is 29.5. The number of carbonyl (C=O) groups is 2. The molecule has 1 aliphatic carbocycles. The summed E-state index contributed by atoms with van der Waals surface area (Å²) in [5.74, 6) is -0.817. The number of hydrogen-bond acceptors (Lipinski definition) is 4. The molecule has 5 rings (SSSR count). The number of nitrogens with one attached hydrogen (secondary N) is 1. The fraction of sp³-hybridized carbons (Fsp3) is 0.257. The van der Waals surface area contributed by atoms with Crippen LogP contribution in [0.3, 0.4) is 0 Å². The Morgan fingerprint density at radius 1 is 0.826 bits per heavy atom. The van der Waals surface area contributed by atoms with Crippen LogP contribution in [-0.4, -0.2) is 43.8 Å². The van der Waals surface area contributed by atoms with E-state index in [4.69, 9.17) is 23.2 Å². The van der Waals surface area contributed by atoms with E-state index in [9.17, 15) is 18.0 Å². The zero-order valence-electron chi connectivity index (χ0n) is 25.0. The highest BCUT2D eigenvalue weighted by atomic mass is 127. The molecule has 46 heavy (non-hydrogen) atoms. The average Bonchev–Trinajstić information content (AvgIpc) is 3.57. The molecule has 1 fully saturated rings. The average molecular weight is 791 g/mol. The number of sulfonamides is 1. The molecular weight excluding hydrogens is 756 g/mol. The third-order valence-electron chi connectivity index (χ3n) is 8.03. The lowest BCUT2D eigenvalue weighted by Gasteiger charge is -2.34. The van der Waals surface area contributed by atoms with E-state index in [1.807, 2.05) is 30.3 Å². The lowest BCUT2D eigenvalue weighted by atomic mass is 10.0. The summed E-state index contributed by atoms with van der Waals surface area (Å²) in [4.78, 5) is 30.2. The van der Waals surface area contributed by atoms with Gasteiger partial charge in [0.05, 0.1) is 20.6 Å². The number of hydrogen-bond donors (Lipinski definition) is 1. The zero-order chi connectivity index (χ0) is 32.7. The molecule has 240 valence electrons. The first-order valence-corrected chi connectivity index (χ1v) is 18.3. The van der Waals surface area contributed by atoms with Gasteiger partial charge in [0.25, 0.3) is 10.0 Å². The lowest BCUT2D eigenvalue weighted by Crippen LogP contribution is -2.54. The molecule has 0 radical (unpaired) electrons. The Hall–Kier alpha value is -3.12. The van der Waals surface area contributed by atoms with E-state index in [1.165, 1.54) is 17.0 Å². The van der Waals surface area contributed by atoms with Crippen molar-refractivity contribution in [1.29, 1.82) is 0 Å². The molecule has 11 heteroatoms. The summed E-state index contributed by atoms with van der Waals surface area (Å²) in [6, 6.07) is 28.6. The molecule has 0 bridgehead atoms. The molecule has 2 amide bonds. The van der Waals surface area contributed by atoms with Crippen molar-refractivity contribution >= 4 is 73.3 Å². The van der Waals surface area contributed by atoms with Gasteiger partial charge in [0, 0.05) is 22.6 Å². The van der Waals surface area contributed by atoms with Gasteiger partial charge in [-0.3, -0.25) is 13.9 Å². The molecule has 0 aliphatic heterocycles. The van der Waals surface area contributed by atoms with Crippen LogP contribution in [0.5, 0.6) is 0 Å². The van der Waals surface area contributed by atoms with Gasteiger partial charge < -0.3 is 10.2 Å². The van der Waals surface area contributed by atoms with E-state index in [2.05, 4.69) is 27.9 Å². The van der Waals surface area contributed by atoms with Crippen LogP contribution in [-0.2, 0) is 32.6 Å². The maximum Gasteiger partial charge on any atom is 0.264 e. The number of nitrogens with zero attached hydrogens (tertiary/aromatic N) is 2. The Labute approximate surface area is 294 Å². The Morgan fingerprint density at radius 2 is 1.46 bits per heavy atom. The van der Waals surface area contributed by atoms with Crippen molar-refractivity contribution in [1.82, 2.24) is 10.2 Å². The van der Waals surface area contributed by atoms with Crippen LogP contribution >= 0.6 is 45.8 Å². The van der Waals surface area contributed by atoms with Gasteiger partial charge in [0.2, 0.25) is 11.8 Å². The topological polar surface area (TPSA) is 86.8 Å². The second kappa shape index (κ2) is 15.6. The standard InChI is InChI=1S/C35H34Cl2IN3O4S/c36-31-20-15-26(21-32(31)37)23-40(33(22-25-9-3-1-4-10-25)35(43)39-28-11-7-8-12-28)34(42)24-41(29-18-16-27(38)17-19-29)46(44,45)30-13-5-2-6-14-30/h1-6,9-10,13-21,28,33H,7-8,11-12,22-24H2,(H,39,43)/t33-/m1/s1. The van der Waals surface area contributed by atoms with Gasteiger partial charge in [0.1, 0.15) is 12.6 Å². The van der Waals surface area contributed by atoms with Crippen LogP contribution in [0, 0.1) is 3.57 Å². The molecule has 1 aliphatic rings. The molecule has 1 atom stereocenters.